The summed E-state index contributed by atoms with van der Waals surface area (Å²) in [5, 5.41) is 4.27. The van der Waals surface area contributed by atoms with Gasteiger partial charge in [0.15, 0.2) is 0 Å². The Morgan fingerprint density at radius 1 is 1.50 bits per heavy atom. The number of aromatic nitrogens is 2. The molecule has 0 bridgehead atoms. The molecule has 0 unspecified atom stereocenters. The number of likely N-dealkylation sites (N-methyl/N-ethyl adjacent to an activating group) is 1. The van der Waals surface area contributed by atoms with Gasteiger partial charge in [-0.15, -0.1) is 0 Å². The van der Waals surface area contributed by atoms with Gasteiger partial charge < -0.3 is 10.6 Å². The van der Waals surface area contributed by atoms with Crippen molar-refractivity contribution in [2.45, 2.75) is 27.3 Å². The first-order valence-electron chi connectivity index (χ1n) is 5.81. The van der Waals surface area contributed by atoms with Crippen molar-refractivity contribution in [3.05, 3.63) is 18.0 Å². The van der Waals surface area contributed by atoms with Crippen LogP contribution in [0.4, 0.5) is 0 Å². The van der Waals surface area contributed by atoms with Crippen LogP contribution in [0.3, 0.4) is 0 Å². The molecule has 0 aliphatic carbocycles. The van der Waals surface area contributed by atoms with E-state index in [4.69, 9.17) is 5.73 Å². The fourth-order valence-electron chi connectivity index (χ4n) is 1.74. The number of nitrogens with two attached hydrogens (primary N) is 1. The van der Waals surface area contributed by atoms with Crippen molar-refractivity contribution < 1.29 is 0 Å². The van der Waals surface area contributed by atoms with Gasteiger partial charge in [-0.2, -0.15) is 5.10 Å². The Morgan fingerprint density at radius 3 is 2.69 bits per heavy atom. The summed E-state index contributed by atoms with van der Waals surface area (Å²) in [6.45, 7) is 10.1. The van der Waals surface area contributed by atoms with Crippen molar-refractivity contribution in [2.75, 3.05) is 26.7 Å². The fraction of sp³-hybridized carbons (Fsp3) is 0.750. The summed E-state index contributed by atoms with van der Waals surface area (Å²) in [7, 11) is 2.13. The van der Waals surface area contributed by atoms with Crippen molar-refractivity contribution in [1.82, 2.24) is 14.7 Å². The molecule has 1 aromatic heterocycles. The summed E-state index contributed by atoms with van der Waals surface area (Å²) in [5.41, 5.74) is 7.12. The Bertz CT molecular complexity index is 317. The van der Waals surface area contributed by atoms with Crippen molar-refractivity contribution in [3.8, 4) is 0 Å². The van der Waals surface area contributed by atoms with Crippen LogP contribution in [0.1, 0.15) is 19.4 Å². The first kappa shape index (κ1) is 13.2. The van der Waals surface area contributed by atoms with Gasteiger partial charge in [-0.1, -0.05) is 13.8 Å². The van der Waals surface area contributed by atoms with E-state index in [1.807, 2.05) is 10.9 Å². The van der Waals surface area contributed by atoms with Gasteiger partial charge in [0.05, 0.1) is 12.7 Å². The van der Waals surface area contributed by atoms with Gasteiger partial charge in [0.2, 0.25) is 0 Å². The first-order chi connectivity index (χ1) is 7.43. The molecule has 0 atom stereocenters. The summed E-state index contributed by atoms with van der Waals surface area (Å²) >= 11 is 0. The molecule has 1 rings (SSSR count). The third-order valence-electron chi connectivity index (χ3n) is 2.72. The fourth-order valence-corrected chi connectivity index (χ4v) is 1.74. The molecule has 1 aromatic rings. The van der Waals surface area contributed by atoms with Crippen LogP contribution < -0.4 is 5.73 Å². The van der Waals surface area contributed by atoms with Crippen LogP contribution >= 0.6 is 0 Å². The molecule has 0 amide bonds. The summed E-state index contributed by atoms with van der Waals surface area (Å²) in [6.07, 6.45) is 3.96. The average Bonchev–Trinajstić information content (AvgIpc) is 2.61. The number of nitrogens with zero attached hydrogens (tertiary/aromatic N) is 3. The van der Waals surface area contributed by atoms with Crippen LogP contribution in [0.2, 0.25) is 0 Å². The van der Waals surface area contributed by atoms with Crippen molar-refractivity contribution in [2.24, 2.45) is 11.1 Å². The Balaban J connectivity index is 2.33. The minimum Gasteiger partial charge on any atom is -0.330 e. The minimum atomic E-state index is 0.189. The van der Waals surface area contributed by atoms with E-state index in [9.17, 15) is 0 Å². The summed E-state index contributed by atoms with van der Waals surface area (Å²) < 4.78 is 1.99. The van der Waals surface area contributed by atoms with E-state index in [0.717, 1.165) is 26.2 Å². The quantitative estimate of drug-likeness (QED) is 0.787. The van der Waals surface area contributed by atoms with Gasteiger partial charge in [-0.25, -0.2) is 0 Å². The van der Waals surface area contributed by atoms with Gasteiger partial charge >= 0.3 is 0 Å². The van der Waals surface area contributed by atoms with Crippen molar-refractivity contribution >= 4 is 0 Å². The lowest BCUT2D eigenvalue weighted by Gasteiger charge is -2.28. The van der Waals surface area contributed by atoms with Gasteiger partial charge in [0, 0.05) is 19.3 Å². The molecule has 0 radical (unpaired) electrons. The van der Waals surface area contributed by atoms with Gasteiger partial charge in [0.1, 0.15) is 0 Å². The van der Waals surface area contributed by atoms with E-state index in [1.54, 1.807) is 0 Å². The minimum absolute atomic E-state index is 0.189. The second kappa shape index (κ2) is 5.46. The largest absolute Gasteiger partial charge is 0.330 e. The predicted molar refractivity (Wildman–Crippen MR) is 67.3 cm³/mol. The van der Waals surface area contributed by atoms with Crippen molar-refractivity contribution in [3.63, 3.8) is 0 Å². The molecule has 92 valence electrons. The molecular weight excluding hydrogens is 200 g/mol. The number of hydrogen-bond acceptors (Lipinski definition) is 3. The summed E-state index contributed by atoms with van der Waals surface area (Å²) in [6, 6.07) is 0. The van der Waals surface area contributed by atoms with Crippen LogP contribution in [0, 0.1) is 12.3 Å². The van der Waals surface area contributed by atoms with Crippen LogP contribution in [0.5, 0.6) is 0 Å². The standard InChI is InChI=1S/C12H24N4/c1-11-7-14-16(8-11)6-5-15(4)10-12(2,3)9-13/h7-8H,5-6,9-10,13H2,1-4H3. The lowest BCUT2D eigenvalue weighted by Crippen LogP contribution is -2.38. The Kier molecular flexibility index (Phi) is 4.50. The average molecular weight is 224 g/mol. The zero-order chi connectivity index (χ0) is 12.2. The molecule has 0 spiro atoms. The number of hydrogen-bond donors (Lipinski definition) is 1. The Morgan fingerprint density at radius 2 is 2.19 bits per heavy atom. The molecule has 4 heteroatoms. The third kappa shape index (κ3) is 4.33. The molecule has 0 saturated heterocycles. The van der Waals surface area contributed by atoms with E-state index < -0.39 is 0 Å². The summed E-state index contributed by atoms with van der Waals surface area (Å²) in [5.74, 6) is 0. The van der Waals surface area contributed by atoms with Crippen molar-refractivity contribution in [1.29, 1.82) is 0 Å². The predicted octanol–water partition coefficient (Wildman–Crippen LogP) is 1.11. The molecule has 1 heterocycles. The summed E-state index contributed by atoms with van der Waals surface area (Å²) in [4.78, 5) is 2.31. The molecule has 0 saturated carbocycles. The van der Waals surface area contributed by atoms with E-state index in [1.165, 1.54) is 5.56 Å². The topological polar surface area (TPSA) is 47.1 Å². The smallest absolute Gasteiger partial charge is 0.0536 e. The highest BCUT2D eigenvalue weighted by Crippen LogP contribution is 2.13. The van der Waals surface area contributed by atoms with Crippen LogP contribution in [0.25, 0.3) is 0 Å². The molecule has 0 aromatic carbocycles. The zero-order valence-corrected chi connectivity index (χ0v) is 10.9. The molecule has 16 heavy (non-hydrogen) atoms. The maximum absolute atomic E-state index is 5.72. The first-order valence-corrected chi connectivity index (χ1v) is 5.81. The number of rotatable bonds is 6. The molecule has 0 fully saturated rings. The maximum Gasteiger partial charge on any atom is 0.0536 e. The zero-order valence-electron chi connectivity index (χ0n) is 10.9. The van der Waals surface area contributed by atoms with E-state index in [-0.39, 0.29) is 5.41 Å². The van der Waals surface area contributed by atoms with Crippen LogP contribution in [0.15, 0.2) is 12.4 Å². The molecular formula is C12H24N4. The molecule has 0 aliphatic heterocycles. The second-order valence-electron chi connectivity index (χ2n) is 5.39. The lowest BCUT2D eigenvalue weighted by molar-refractivity contribution is 0.208. The SMILES string of the molecule is Cc1cnn(CCN(C)CC(C)(C)CN)c1. The third-order valence-corrected chi connectivity index (χ3v) is 2.72. The highest BCUT2D eigenvalue weighted by molar-refractivity contribution is 4.99. The highest BCUT2D eigenvalue weighted by Gasteiger charge is 2.17. The van der Waals surface area contributed by atoms with E-state index >= 15 is 0 Å². The molecule has 0 aliphatic rings. The maximum atomic E-state index is 5.72. The Labute approximate surface area is 98.4 Å². The Hall–Kier alpha value is -0.870. The van der Waals surface area contributed by atoms with Crippen LogP contribution in [-0.2, 0) is 6.54 Å². The monoisotopic (exact) mass is 224 g/mol. The normalized spacial score (nSPS) is 12.4. The highest BCUT2D eigenvalue weighted by atomic mass is 15.3. The van der Waals surface area contributed by atoms with Gasteiger partial charge in [-0.3, -0.25) is 4.68 Å². The number of aryl methyl sites for hydroxylation is 1. The van der Waals surface area contributed by atoms with Gasteiger partial charge in [0.25, 0.3) is 0 Å². The van der Waals surface area contributed by atoms with Crippen LogP contribution in [-0.4, -0.2) is 41.4 Å². The molecule has 4 nitrogen and oxygen atoms in total. The molecule has 2 N–H and O–H groups in total. The van der Waals surface area contributed by atoms with Gasteiger partial charge in [-0.05, 0) is 31.5 Å². The van der Waals surface area contributed by atoms with E-state index in [2.05, 4.69) is 44.0 Å². The van der Waals surface area contributed by atoms with E-state index in [0.29, 0.717) is 0 Å². The second-order valence-corrected chi connectivity index (χ2v) is 5.39. The lowest BCUT2D eigenvalue weighted by atomic mass is 9.93.